The number of aryl methyl sites for hydroxylation is 1. The summed E-state index contributed by atoms with van der Waals surface area (Å²) in [4.78, 5) is 1.97. The van der Waals surface area contributed by atoms with Gasteiger partial charge >= 0.3 is 6.18 Å². The molecule has 21 heavy (non-hydrogen) atoms. The second-order valence-corrected chi connectivity index (χ2v) is 4.86. The highest BCUT2D eigenvalue weighted by molar-refractivity contribution is 5.25. The van der Waals surface area contributed by atoms with Crippen molar-refractivity contribution in [2.24, 2.45) is 0 Å². The van der Waals surface area contributed by atoms with E-state index in [4.69, 9.17) is 0 Å². The maximum Gasteiger partial charge on any atom is 0.416 e. The van der Waals surface area contributed by atoms with E-state index in [2.05, 4.69) is 15.5 Å². The van der Waals surface area contributed by atoms with Gasteiger partial charge in [0.1, 0.15) is 6.33 Å². The van der Waals surface area contributed by atoms with Gasteiger partial charge in [0.05, 0.1) is 5.56 Å². The van der Waals surface area contributed by atoms with E-state index < -0.39 is 11.7 Å². The predicted molar refractivity (Wildman–Crippen MR) is 70.2 cm³/mol. The fraction of sp³-hybridized carbons (Fsp3) is 0.462. The Morgan fingerprint density at radius 3 is 2.76 bits per heavy atom. The molecule has 2 rings (SSSR count). The molecule has 8 heteroatoms. The fourth-order valence-electron chi connectivity index (χ4n) is 2.02. The molecule has 1 aromatic heterocycles. The third-order valence-corrected chi connectivity index (χ3v) is 3.03. The van der Waals surface area contributed by atoms with Crippen molar-refractivity contribution in [3.8, 4) is 0 Å². The van der Waals surface area contributed by atoms with Gasteiger partial charge in [-0.1, -0.05) is 18.2 Å². The Morgan fingerprint density at radius 2 is 2.10 bits per heavy atom. The van der Waals surface area contributed by atoms with Crippen LogP contribution in [0, 0.1) is 0 Å². The van der Waals surface area contributed by atoms with Gasteiger partial charge < -0.3 is 4.90 Å². The first kappa shape index (κ1) is 15.4. The molecule has 0 N–H and O–H groups in total. The van der Waals surface area contributed by atoms with E-state index in [1.807, 2.05) is 11.9 Å². The highest BCUT2D eigenvalue weighted by Gasteiger charge is 2.30. The second kappa shape index (κ2) is 6.66. The maximum absolute atomic E-state index is 12.6. The number of nitrogens with zero attached hydrogens (tertiary/aromatic N) is 5. The number of tetrazole rings is 1. The van der Waals surface area contributed by atoms with Crippen LogP contribution in [0.2, 0.25) is 0 Å². The topological polar surface area (TPSA) is 46.8 Å². The zero-order valence-electron chi connectivity index (χ0n) is 11.6. The molecule has 2 aromatic rings. The van der Waals surface area contributed by atoms with Crippen LogP contribution in [0.3, 0.4) is 0 Å². The molecule has 1 aromatic carbocycles. The predicted octanol–water partition coefficient (Wildman–Crippen LogP) is 2.21. The molecule has 0 radical (unpaired) electrons. The van der Waals surface area contributed by atoms with Gasteiger partial charge in [0, 0.05) is 13.1 Å². The van der Waals surface area contributed by atoms with Crippen LogP contribution in [0.4, 0.5) is 13.2 Å². The van der Waals surface area contributed by atoms with Crippen LogP contribution in [0.15, 0.2) is 30.6 Å². The molecule has 0 aliphatic rings. The van der Waals surface area contributed by atoms with E-state index in [0.717, 1.165) is 19.0 Å². The van der Waals surface area contributed by atoms with Crippen molar-refractivity contribution in [2.75, 3.05) is 13.6 Å². The molecular weight excluding hydrogens is 283 g/mol. The van der Waals surface area contributed by atoms with Gasteiger partial charge in [-0.3, -0.25) is 0 Å². The standard InChI is InChI=1S/C13H16F3N5/c1-20(6-3-7-21-10-17-18-19-21)9-11-4-2-5-12(8-11)13(14,15)16/h2,4-5,8,10H,3,6-7,9H2,1H3. The minimum atomic E-state index is -4.30. The minimum Gasteiger partial charge on any atom is -0.302 e. The zero-order chi connectivity index (χ0) is 15.3. The smallest absolute Gasteiger partial charge is 0.302 e. The highest BCUT2D eigenvalue weighted by Crippen LogP contribution is 2.29. The molecule has 5 nitrogen and oxygen atoms in total. The molecule has 0 spiro atoms. The first-order chi connectivity index (χ1) is 9.95. The number of hydrogen-bond acceptors (Lipinski definition) is 4. The molecule has 0 fully saturated rings. The lowest BCUT2D eigenvalue weighted by Crippen LogP contribution is -2.20. The van der Waals surface area contributed by atoms with Gasteiger partial charge in [0.25, 0.3) is 0 Å². The lowest BCUT2D eigenvalue weighted by atomic mass is 10.1. The van der Waals surface area contributed by atoms with Crippen LogP contribution in [-0.4, -0.2) is 38.7 Å². The van der Waals surface area contributed by atoms with Gasteiger partial charge in [-0.2, -0.15) is 13.2 Å². The average molecular weight is 299 g/mol. The summed E-state index contributed by atoms with van der Waals surface area (Å²) < 4.78 is 39.5. The first-order valence-electron chi connectivity index (χ1n) is 6.50. The summed E-state index contributed by atoms with van der Waals surface area (Å²) in [7, 11) is 1.87. The van der Waals surface area contributed by atoms with Crippen molar-refractivity contribution in [3.63, 3.8) is 0 Å². The Balaban J connectivity index is 1.83. The molecule has 0 saturated heterocycles. The first-order valence-corrected chi connectivity index (χ1v) is 6.50. The molecule has 0 aliphatic heterocycles. The minimum absolute atomic E-state index is 0.472. The average Bonchev–Trinajstić information content (AvgIpc) is 2.91. The Bertz CT molecular complexity index is 553. The molecule has 0 amide bonds. The summed E-state index contributed by atoms with van der Waals surface area (Å²) in [6.07, 6.45) is -1.94. The van der Waals surface area contributed by atoms with Crippen LogP contribution in [0.25, 0.3) is 0 Å². The summed E-state index contributed by atoms with van der Waals surface area (Å²) in [5.41, 5.74) is 0.0387. The Morgan fingerprint density at radius 1 is 1.29 bits per heavy atom. The van der Waals surface area contributed by atoms with Gasteiger partial charge in [-0.25, -0.2) is 4.68 Å². The fourth-order valence-corrected chi connectivity index (χ4v) is 2.02. The summed E-state index contributed by atoms with van der Waals surface area (Å²) in [5.74, 6) is 0. The van der Waals surface area contributed by atoms with Crippen LogP contribution in [-0.2, 0) is 19.3 Å². The van der Waals surface area contributed by atoms with Crippen LogP contribution in [0.5, 0.6) is 0 Å². The molecule has 0 unspecified atom stereocenters. The number of rotatable bonds is 6. The zero-order valence-corrected chi connectivity index (χ0v) is 11.6. The number of hydrogen-bond donors (Lipinski definition) is 0. The van der Waals surface area contributed by atoms with E-state index in [1.54, 1.807) is 10.7 Å². The van der Waals surface area contributed by atoms with Crippen molar-refractivity contribution in [1.82, 2.24) is 25.1 Å². The molecular formula is C13H16F3N5. The van der Waals surface area contributed by atoms with Crippen LogP contribution in [0.1, 0.15) is 17.5 Å². The molecule has 114 valence electrons. The van der Waals surface area contributed by atoms with Crippen LogP contribution >= 0.6 is 0 Å². The number of alkyl halides is 3. The third-order valence-electron chi connectivity index (χ3n) is 3.03. The second-order valence-electron chi connectivity index (χ2n) is 4.86. The summed E-state index contributed by atoms with van der Waals surface area (Å²) in [6.45, 7) is 1.90. The Kier molecular flexibility index (Phi) is 4.89. The molecule has 0 saturated carbocycles. The molecule has 0 aliphatic carbocycles. The van der Waals surface area contributed by atoms with Gasteiger partial charge in [-0.15, -0.1) is 5.10 Å². The number of benzene rings is 1. The quantitative estimate of drug-likeness (QED) is 0.820. The monoisotopic (exact) mass is 299 g/mol. The molecule has 0 atom stereocenters. The van der Waals surface area contributed by atoms with E-state index in [-0.39, 0.29) is 0 Å². The Labute approximate surface area is 120 Å². The van der Waals surface area contributed by atoms with Crippen molar-refractivity contribution in [3.05, 3.63) is 41.7 Å². The van der Waals surface area contributed by atoms with Crippen molar-refractivity contribution < 1.29 is 13.2 Å². The number of halogens is 3. The third kappa shape index (κ3) is 4.82. The number of aromatic nitrogens is 4. The normalized spacial score (nSPS) is 12.0. The highest BCUT2D eigenvalue weighted by atomic mass is 19.4. The largest absolute Gasteiger partial charge is 0.416 e. The van der Waals surface area contributed by atoms with E-state index in [1.165, 1.54) is 18.5 Å². The summed E-state index contributed by atoms with van der Waals surface area (Å²) >= 11 is 0. The van der Waals surface area contributed by atoms with Crippen LogP contribution < -0.4 is 0 Å². The SMILES string of the molecule is CN(CCCn1cnnn1)Cc1cccc(C(F)(F)F)c1. The van der Waals surface area contributed by atoms with E-state index in [0.29, 0.717) is 18.7 Å². The summed E-state index contributed by atoms with van der Waals surface area (Å²) in [5, 5.41) is 10.8. The summed E-state index contributed by atoms with van der Waals surface area (Å²) in [6, 6.07) is 5.42. The molecule has 0 bridgehead atoms. The van der Waals surface area contributed by atoms with E-state index >= 15 is 0 Å². The van der Waals surface area contributed by atoms with Gasteiger partial charge in [-0.05, 0) is 42.1 Å². The maximum atomic E-state index is 12.6. The van der Waals surface area contributed by atoms with Crippen molar-refractivity contribution >= 4 is 0 Å². The van der Waals surface area contributed by atoms with Crippen molar-refractivity contribution in [2.45, 2.75) is 25.7 Å². The lowest BCUT2D eigenvalue weighted by molar-refractivity contribution is -0.137. The molecule has 1 heterocycles. The van der Waals surface area contributed by atoms with Crippen molar-refractivity contribution in [1.29, 1.82) is 0 Å². The van der Waals surface area contributed by atoms with Gasteiger partial charge in [0.2, 0.25) is 0 Å². The lowest BCUT2D eigenvalue weighted by Gasteiger charge is -2.17. The Hall–Kier alpha value is -1.96. The van der Waals surface area contributed by atoms with Gasteiger partial charge in [0.15, 0.2) is 0 Å². The van der Waals surface area contributed by atoms with E-state index in [9.17, 15) is 13.2 Å².